The van der Waals surface area contributed by atoms with E-state index in [1.165, 1.54) is 11.3 Å². The topological polar surface area (TPSA) is 35.5 Å². The monoisotopic (exact) mass is 338 g/mol. The van der Waals surface area contributed by atoms with Crippen molar-refractivity contribution in [1.29, 1.82) is 0 Å². The minimum absolute atomic E-state index is 0.00998. The molecule has 2 heterocycles. The van der Waals surface area contributed by atoms with Crippen LogP contribution in [0.1, 0.15) is 20.1 Å². The minimum atomic E-state index is 0.00998. The van der Waals surface area contributed by atoms with Gasteiger partial charge >= 0.3 is 0 Å². The fourth-order valence-electron chi connectivity index (χ4n) is 1.90. The number of hydrogen-bond acceptors (Lipinski definition) is 4. The molecule has 0 unspecified atom stereocenters. The van der Waals surface area contributed by atoms with E-state index in [9.17, 15) is 4.79 Å². The molecule has 1 aromatic heterocycles. The van der Waals surface area contributed by atoms with Crippen LogP contribution < -0.4 is 9.47 Å². The van der Waals surface area contributed by atoms with Gasteiger partial charge < -0.3 is 9.47 Å². The van der Waals surface area contributed by atoms with Crippen LogP contribution in [0.25, 0.3) is 0 Å². The summed E-state index contributed by atoms with van der Waals surface area (Å²) in [7, 11) is 0. The fraction of sp³-hybridized carbons (Fsp3) is 0.214. The lowest BCUT2D eigenvalue weighted by Gasteiger charge is -2.18. The Morgan fingerprint density at radius 1 is 1.21 bits per heavy atom. The zero-order valence-corrected chi connectivity index (χ0v) is 12.6. The van der Waals surface area contributed by atoms with Gasteiger partial charge in [-0.05, 0) is 47.1 Å². The lowest BCUT2D eigenvalue weighted by molar-refractivity contribution is 0.104. The Morgan fingerprint density at radius 2 is 1.95 bits per heavy atom. The van der Waals surface area contributed by atoms with Crippen LogP contribution in [0.15, 0.2) is 28.7 Å². The zero-order chi connectivity index (χ0) is 13.4. The van der Waals surface area contributed by atoms with Gasteiger partial charge in [-0.1, -0.05) is 0 Å². The molecular weight excluding hydrogens is 328 g/mol. The number of halogens is 1. The summed E-state index contributed by atoms with van der Waals surface area (Å²) in [4.78, 5) is 14.2. The molecule has 3 rings (SSSR count). The van der Waals surface area contributed by atoms with Crippen LogP contribution >= 0.6 is 27.3 Å². The minimum Gasteiger partial charge on any atom is -0.486 e. The van der Waals surface area contributed by atoms with Gasteiger partial charge in [-0.25, -0.2) is 0 Å². The summed E-state index contributed by atoms with van der Waals surface area (Å²) in [5.41, 5.74) is 0.623. The van der Waals surface area contributed by atoms with Gasteiger partial charge in [0, 0.05) is 14.9 Å². The summed E-state index contributed by atoms with van der Waals surface area (Å²) in [6.45, 7) is 3.06. The van der Waals surface area contributed by atoms with Gasteiger partial charge in [-0.15, -0.1) is 11.3 Å². The number of benzene rings is 1. The number of carbonyl (C=O) groups is 1. The number of aryl methyl sites for hydroxylation is 1. The highest BCUT2D eigenvalue weighted by molar-refractivity contribution is 9.10. The zero-order valence-electron chi connectivity index (χ0n) is 10.2. The van der Waals surface area contributed by atoms with Crippen LogP contribution in [0.5, 0.6) is 11.5 Å². The van der Waals surface area contributed by atoms with Crippen molar-refractivity contribution in [3.8, 4) is 11.5 Å². The van der Waals surface area contributed by atoms with E-state index in [0.29, 0.717) is 30.3 Å². The molecule has 19 heavy (non-hydrogen) atoms. The van der Waals surface area contributed by atoms with Gasteiger partial charge in [-0.3, -0.25) is 4.79 Å². The van der Waals surface area contributed by atoms with E-state index in [0.717, 1.165) is 14.2 Å². The molecule has 5 heteroatoms. The van der Waals surface area contributed by atoms with E-state index in [-0.39, 0.29) is 5.78 Å². The van der Waals surface area contributed by atoms with Crippen LogP contribution in [0.2, 0.25) is 0 Å². The fourth-order valence-corrected chi connectivity index (χ4v) is 3.40. The summed E-state index contributed by atoms with van der Waals surface area (Å²) in [6.07, 6.45) is 0. The molecule has 0 radical (unpaired) electrons. The largest absolute Gasteiger partial charge is 0.486 e. The first kappa shape index (κ1) is 12.7. The summed E-state index contributed by atoms with van der Waals surface area (Å²) >= 11 is 4.92. The Labute approximate surface area is 123 Å². The number of carbonyl (C=O) groups excluding carboxylic acids is 1. The predicted molar refractivity (Wildman–Crippen MR) is 77.6 cm³/mol. The number of hydrogen-bond donors (Lipinski definition) is 0. The van der Waals surface area contributed by atoms with Crippen molar-refractivity contribution in [1.82, 2.24) is 0 Å². The third kappa shape index (κ3) is 2.40. The molecule has 0 saturated heterocycles. The Balaban J connectivity index is 1.95. The smallest absolute Gasteiger partial charge is 0.203 e. The lowest BCUT2D eigenvalue weighted by atomic mass is 10.1. The number of rotatable bonds is 2. The third-order valence-corrected chi connectivity index (χ3v) is 5.02. The number of fused-ring (bicyclic) bond motifs is 1. The van der Waals surface area contributed by atoms with Gasteiger partial charge in [-0.2, -0.15) is 0 Å². The lowest BCUT2D eigenvalue weighted by Crippen LogP contribution is -2.15. The summed E-state index contributed by atoms with van der Waals surface area (Å²) in [5, 5.41) is 0. The van der Waals surface area contributed by atoms with E-state index < -0.39 is 0 Å². The normalized spacial score (nSPS) is 13.4. The van der Waals surface area contributed by atoms with E-state index in [2.05, 4.69) is 15.9 Å². The summed E-state index contributed by atoms with van der Waals surface area (Å²) < 4.78 is 11.9. The van der Waals surface area contributed by atoms with Crippen LogP contribution in [-0.4, -0.2) is 19.0 Å². The molecule has 0 spiro atoms. The molecule has 0 amide bonds. The van der Waals surface area contributed by atoms with Gasteiger partial charge in [0.2, 0.25) is 5.78 Å². The Hall–Kier alpha value is -1.33. The van der Waals surface area contributed by atoms with Crippen molar-refractivity contribution < 1.29 is 14.3 Å². The maximum atomic E-state index is 12.4. The number of ketones is 1. The van der Waals surface area contributed by atoms with E-state index in [1.54, 1.807) is 18.2 Å². The predicted octanol–water partition coefficient (Wildman–Crippen LogP) is 3.82. The van der Waals surface area contributed by atoms with Gasteiger partial charge in [0.05, 0.1) is 4.88 Å². The van der Waals surface area contributed by atoms with Gasteiger partial charge in [0.1, 0.15) is 13.2 Å². The van der Waals surface area contributed by atoms with Crippen LogP contribution in [0.4, 0.5) is 0 Å². The highest BCUT2D eigenvalue weighted by Crippen LogP contribution is 2.33. The molecule has 3 nitrogen and oxygen atoms in total. The quantitative estimate of drug-likeness (QED) is 0.781. The van der Waals surface area contributed by atoms with Gasteiger partial charge in [0.15, 0.2) is 11.5 Å². The maximum Gasteiger partial charge on any atom is 0.203 e. The number of ether oxygens (including phenoxy) is 2. The molecule has 0 atom stereocenters. The van der Waals surface area contributed by atoms with E-state index in [4.69, 9.17) is 9.47 Å². The molecular formula is C14H11BrO3S. The highest BCUT2D eigenvalue weighted by atomic mass is 79.9. The van der Waals surface area contributed by atoms with Crippen molar-refractivity contribution >= 4 is 33.0 Å². The SMILES string of the molecule is Cc1sc(C(=O)c2ccc3c(c2)OCCO3)cc1Br. The van der Waals surface area contributed by atoms with Gasteiger partial charge in [0.25, 0.3) is 0 Å². The van der Waals surface area contributed by atoms with Crippen LogP contribution in [0, 0.1) is 6.92 Å². The second kappa shape index (κ2) is 4.98. The standard InChI is InChI=1S/C14H11BrO3S/c1-8-10(15)7-13(19-8)14(16)9-2-3-11-12(6-9)18-5-4-17-11/h2-3,6-7H,4-5H2,1H3. The molecule has 1 aliphatic rings. The second-order valence-corrected chi connectivity index (χ2v) is 6.31. The van der Waals surface area contributed by atoms with Crippen LogP contribution in [-0.2, 0) is 0 Å². The van der Waals surface area contributed by atoms with Crippen molar-refractivity contribution in [2.75, 3.05) is 13.2 Å². The van der Waals surface area contributed by atoms with Crippen molar-refractivity contribution in [2.45, 2.75) is 6.92 Å². The molecule has 0 N–H and O–H groups in total. The van der Waals surface area contributed by atoms with Crippen molar-refractivity contribution in [3.05, 3.63) is 44.1 Å². The molecule has 98 valence electrons. The first-order valence-corrected chi connectivity index (χ1v) is 7.46. The summed E-state index contributed by atoms with van der Waals surface area (Å²) in [5.74, 6) is 1.35. The highest BCUT2D eigenvalue weighted by Gasteiger charge is 2.18. The average molecular weight is 339 g/mol. The third-order valence-electron chi connectivity index (χ3n) is 2.89. The van der Waals surface area contributed by atoms with Crippen molar-refractivity contribution in [3.63, 3.8) is 0 Å². The Bertz CT molecular complexity index is 629. The average Bonchev–Trinajstić information content (AvgIpc) is 2.77. The molecule has 1 aromatic carbocycles. The van der Waals surface area contributed by atoms with E-state index in [1.807, 2.05) is 13.0 Å². The summed E-state index contributed by atoms with van der Waals surface area (Å²) in [6, 6.07) is 7.18. The second-order valence-electron chi connectivity index (χ2n) is 4.20. The van der Waals surface area contributed by atoms with Crippen LogP contribution in [0.3, 0.4) is 0 Å². The molecule has 0 fully saturated rings. The first-order valence-electron chi connectivity index (χ1n) is 5.85. The molecule has 0 bridgehead atoms. The van der Waals surface area contributed by atoms with E-state index >= 15 is 0 Å². The molecule has 2 aromatic rings. The Kier molecular flexibility index (Phi) is 3.33. The molecule has 1 aliphatic heterocycles. The maximum absolute atomic E-state index is 12.4. The Morgan fingerprint density at radius 3 is 2.63 bits per heavy atom. The molecule has 0 saturated carbocycles. The number of thiophene rings is 1. The molecule has 0 aliphatic carbocycles. The first-order chi connectivity index (χ1) is 9.15. The van der Waals surface area contributed by atoms with Crippen molar-refractivity contribution in [2.24, 2.45) is 0 Å².